The molecule has 0 spiro atoms. The van der Waals surface area contributed by atoms with Gasteiger partial charge in [-0.15, -0.1) is 0 Å². The Kier molecular flexibility index (Phi) is 6.72. The van der Waals surface area contributed by atoms with Gasteiger partial charge >= 0.3 is 0 Å². The predicted octanol–water partition coefficient (Wildman–Crippen LogP) is 5.07. The maximum atomic E-state index is 5.48. The summed E-state index contributed by atoms with van der Waals surface area (Å²) in [6, 6.07) is 23.6. The average Bonchev–Trinajstić information content (AvgIpc) is 3.31. The molecule has 0 saturated carbocycles. The van der Waals surface area contributed by atoms with Crippen molar-refractivity contribution in [3.05, 3.63) is 90.3 Å². The Balaban J connectivity index is 1.26. The highest BCUT2D eigenvalue weighted by molar-refractivity contribution is 5.94. The van der Waals surface area contributed by atoms with E-state index in [1.165, 1.54) is 27.6 Å². The lowest BCUT2D eigenvalue weighted by atomic mass is 10.1. The fourth-order valence-corrected chi connectivity index (χ4v) is 4.91. The number of nitrogens with zero attached hydrogens (tertiary/aromatic N) is 3. The predicted molar refractivity (Wildman–Crippen MR) is 139 cm³/mol. The van der Waals surface area contributed by atoms with Crippen molar-refractivity contribution in [2.45, 2.75) is 13.0 Å². The number of hydrogen-bond donors (Lipinski definition) is 0. The van der Waals surface area contributed by atoms with Crippen LogP contribution in [0.5, 0.6) is 11.5 Å². The van der Waals surface area contributed by atoms with Crippen molar-refractivity contribution in [1.29, 1.82) is 0 Å². The minimum absolute atomic E-state index is 0.758. The number of benzene rings is 3. The van der Waals surface area contributed by atoms with Crippen molar-refractivity contribution in [3.63, 3.8) is 0 Å². The molecular weight excluding hydrogens is 422 g/mol. The van der Waals surface area contributed by atoms with Gasteiger partial charge in [0.25, 0.3) is 0 Å². The maximum absolute atomic E-state index is 5.48. The highest BCUT2D eigenvalue weighted by Crippen LogP contribution is 2.31. The molecule has 0 atom stereocenters. The summed E-state index contributed by atoms with van der Waals surface area (Å²) in [7, 11) is 3.35. The molecule has 1 aliphatic heterocycles. The molecule has 3 aromatic carbocycles. The molecule has 0 aliphatic carbocycles. The Hall–Kier alpha value is -3.44. The van der Waals surface area contributed by atoms with Crippen molar-refractivity contribution >= 4 is 16.5 Å². The highest BCUT2D eigenvalue weighted by Gasteiger charge is 2.19. The van der Waals surface area contributed by atoms with Crippen LogP contribution in [-0.4, -0.2) is 56.4 Å². The first-order valence-electron chi connectivity index (χ1n) is 12.0. The Morgan fingerprint density at radius 2 is 1.53 bits per heavy atom. The van der Waals surface area contributed by atoms with E-state index in [4.69, 9.17) is 9.47 Å². The van der Waals surface area contributed by atoms with Crippen molar-refractivity contribution in [2.75, 3.05) is 51.8 Å². The van der Waals surface area contributed by atoms with Gasteiger partial charge in [-0.1, -0.05) is 48.5 Å². The van der Waals surface area contributed by atoms with E-state index >= 15 is 0 Å². The van der Waals surface area contributed by atoms with Gasteiger partial charge in [-0.3, -0.25) is 4.90 Å². The SMILES string of the molecule is COc1ccc(Cn2cc3cccc(N4CCN(CCc5ccccc5)CC4)c3c2)cc1OC. The summed E-state index contributed by atoms with van der Waals surface area (Å²) in [6.45, 7) is 6.26. The number of ether oxygens (including phenoxy) is 2. The lowest BCUT2D eigenvalue weighted by Gasteiger charge is -2.36. The van der Waals surface area contributed by atoms with E-state index in [0.717, 1.165) is 57.2 Å². The molecular formula is C29H33N3O2. The van der Waals surface area contributed by atoms with E-state index in [1.807, 2.05) is 6.07 Å². The molecule has 176 valence electrons. The molecule has 1 aromatic heterocycles. The number of fused-ring (bicyclic) bond motifs is 1. The van der Waals surface area contributed by atoms with Crippen LogP contribution in [0.3, 0.4) is 0 Å². The van der Waals surface area contributed by atoms with Gasteiger partial charge in [-0.25, -0.2) is 0 Å². The smallest absolute Gasteiger partial charge is 0.161 e. The van der Waals surface area contributed by atoms with E-state index in [0.29, 0.717) is 0 Å². The molecule has 0 bridgehead atoms. The average molecular weight is 456 g/mol. The van der Waals surface area contributed by atoms with E-state index in [-0.39, 0.29) is 0 Å². The van der Waals surface area contributed by atoms with Crippen molar-refractivity contribution in [2.24, 2.45) is 0 Å². The third kappa shape index (κ3) is 4.90. The molecule has 0 N–H and O–H groups in total. The summed E-state index contributed by atoms with van der Waals surface area (Å²) in [4.78, 5) is 5.13. The van der Waals surface area contributed by atoms with Crippen LogP contribution >= 0.6 is 0 Å². The summed E-state index contributed by atoms with van der Waals surface area (Å²) in [5.41, 5.74) is 3.95. The summed E-state index contributed by atoms with van der Waals surface area (Å²) < 4.78 is 13.1. The second kappa shape index (κ2) is 10.2. The van der Waals surface area contributed by atoms with Gasteiger partial charge in [0.1, 0.15) is 0 Å². The first-order valence-corrected chi connectivity index (χ1v) is 12.0. The third-order valence-electron chi connectivity index (χ3n) is 6.80. The number of aromatic nitrogens is 1. The maximum Gasteiger partial charge on any atom is 0.161 e. The van der Waals surface area contributed by atoms with Crippen LogP contribution in [0.4, 0.5) is 5.69 Å². The molecule has 1 saturated heterocycles. The highest BCUT2D eigenvalue weighted by atomic mass is 16.5. The number of rotatable bonds is 8. The second-order valence-electron chi connectivity index (χ2n) is 8.96. The molecule has 0 unspecified atom stereocenters. The standard InChI is InChI=1S/C29H33N3O2/c1-33-28-12-11-24(19-29(28)34-2)20-31-21-25-9-6-10-27(26(25)22-31)32-17-15-30(16-18-32)14-13-23-7-4-3-5-8-23/h3-12,19,21-22H,13-18,20H2,1-2H3. The second-order valence-corrected chi connectivity index (χ2v) is 8.96. The van der Waals surface area contributed by atoms with Crippen LogP contribution in [0.2, 0.25) is 0 Å². The van der Waals surface area contributed by atoms with Crippen molar-refractivity contribution in [3.8, 4) is 11.5 Å². The Morgan fingerprint density at radius 1 is 0.735 bits per heavy atom. The van der Waals surface area contributed by atoms with Crippen LogP contribution in [-0.2, 0) is 13.0 Å². The summed E-state index contributed by atoms with van der Waals surface area (Å²) in [5.74, 6) is 1.52. The summed E-state index contributed by atoms with van der Waals surface area (Å²) in [6.07, 6.45) is 5.64. The Morgan fingerprint density at radius 3 is 2.29 bits per heavy atom. The topological polar surface area (TPSA) is 29.9 Å². The quantitative estimate of drug-likeness (QED) is 0.371. The molecule has 5 heteroatoms. The van der Waals surface area contributed by atoms with Crippen molar-refractivity contribution < 1.29 is 9.47 Å². The monoisotopic (exact) mass is 455 g/mol. The number of methoxy groups -OCH3 is 2. The number of anilines is 1. The largest absolute Gasteiger partial charge is 0.493 e. The van der Waals surface area contributed by atoms with Crippen LogP contribution < -0.4 is 14.4 Å². The fraction of sp³-hybridized carbons (Fsp3) is 0.310. The number of piperazine rings is 1. The van der Waals surface area contributed by atoms with Gasteiger partial charge in [0.05, 0.1) is 14.2 Å². The molecule has 4 aromatic rings. The minimum atomic E-state index is 0.758. The van der Waals surface area contributed by atoms with Gasteiger partial charge in [-0.05, 0) is 35.7 Å². The fourth-order valence-electron chi connectivity index (χ4n) is 4.91. The van der Waals surface area contributed by atoms with Crippen LogP contribution in [0.1, 0.15) is 11.1 Å². The Bertz CT molecular complexity index is 1230. The van der Waals surface area contributed by atoms with Gasteiger partial charge in [0.2, 0.25) is 0 Å². The van der Waals surface area contributed by atoms with Gasteiger partial charge in [0.15, 0.2) is 11.5 Å². The summed E-state index contributed by atoms with van der Waals surface area (Å²) in [5, 5.41) is 2.60. The zero-order valence-electron chi connectivity index (χ0n) is 20.1. The van der Waals surface area contributed by atoms with Crippen LogP contribution in [0, 0.1) is 0 Å². The van der Waals surface area contributed by atoms with Gasteiger partial charge in [0, 0.05) is 68.1 Å². The molecule has 1 aliphatic rings. The molecule has 34 heavy (non-hydrogen) atoms. The molecule has 2 heterocycles. The lowest BCUT2D eigenvalue weighted by Crippen LogP contribution is -2.47. The van der Waals surface area contributed by atoms with Crippen LogP contribution in [0.15, 0.2) is 79.1 Å². The van der Waals surface area contributed by atoms with Crippen LogP contribution in [0.25, 0.3) is 10.8 Å². The van der Waals surface area contributed by atoms with Gasteiger partial charge in [-0.2, -0.15) is 0 Å². The first-order chi connectivity index (χ1) is 16.7. The normalized spacial score (nSPS) is 14.5. The van der Waals surface area contributed by atoms with Gasteiger partial charge < -0.3 is 18.9 Å². The van der Waals surface area contributed by atoms with E-state index in [9.17, 15) is 0 Å². The first kappa shape index (κ1) is 22.4. The van der Waals surface area contributed by atoms with E-state index in [2.05, 4.69) is 87.4 Å². The molecule has 5 nitrogen and oxygen atoms in total. The van der Waals surface area contributed by atoms with Crippen molar-refractivity contribution in [1.82, 2.24) is 9.47 Å². The lowest BCUT2D eigenvalue weighted by molar-refractivity contribution is 0.261. The molecule has 5 rings (SSSR count). The molecule has 1 fully saturated rings. The third-order valence-corrected chi connectivity index (χ3v) is 6.80. The van der Waals surface area contributed by atoms with E-state index < -0.39 is 0 Å². The molecule has 0 radical (unpaired) electrons. The number of hydrogen-bond acceptors (Lipinski definition) is 4. The zero-order valence-corrected chi connectivity index (χ0v) is 20.1. The molecule has 0 amide bonds. The Labute approximate surface area is 202 Å². The summed E-state index contributed by atoms with van der Waals surface area (Å²) >= 11 is 0. The minimum Gasteiger partial charge on any atom is -0.493 e. The van der Waals surface area contributed by atoms with E-state index in [1.54, 1.807) is 14.2 Å². The zero-order chi connectivity index (χ0) is 23.3.